The Morgan fingerprint density at radius 3 is 2.15 bits per heavy atom. The first-order valence-electron chi connectivity index (χ1n) is 6.08. The third-order valence-electron chi connectivity index (χ3n) is 3.31. The first-order valence-corrected chi connectivity index (χ1v) is 6.46. The largest absolute Gasteiger partial charge is 0.293 e. The number of hydrogen-bond donors (Lipinski definition) is 0. The fraction of sp³-hybridized carbons (Fsp3) is 0.188. The molecular formula is C16H13ClF2O. The number of halogens is 3. The highest BCUT2D eigenvalue weighted by molar-refractivity contribution is 6.34. The predicted molar refractivity (Wildman–Crippen MR) is 75.2 cm³/mol. The number of Topliss-reactive ketones (excluding diaryl/α,β-unsaturated/α-hetero) is 1. The van der Waals surface area contributed by atoms with E-state index < -0.39 is 11.2 Å². The summed E-state index contributed by atoms with van der Waals surface area (Å²) in [6, 6.07) is 9.33. The van der Waals surface area contributed by atoms with Crippen LogP contribution in [-0.2, 0) is 5.41 Å². The Hall–Kier alpha value is -1.74. The van der Waals surface area contributed by atoms with Gasteiger partial charge in [0.2, 0.25) is 0 Å². The third kappa shape index (κ3) is 2.73. The average Bonchev–Trinajstić information content (AvgIpc) is 2.41. The monoisotopic (exact) mass is 294 g/mol. The number of hydrogen-bond acceptors (Lipinski definition) is 1. The Kier molecular flexibility index (Phi) is 3.91. The summed E-state index contributed by atoms with van der Waals surface area (Å²) in [7, 11) is 0. The highest BCUT2D eigenvalue weighted by atomic mass is 35.5. The van der Waals surface area contributed by atoms with E-state index in [2.05, 4.69) is 0 Å². The van der Waals surface area contributed by atoms with Gasteiger partial charge in [-0.3, -0.25) is 4.79 Å². The van der Waals surface area contributed by atoms with Crippen LogP contribution in [0.4, 0.5) is 8.78 Å². The molecular weight excluding hydrogens is 282 g/mol. The van der Waals surface area contributed by atoms with E-state index in [1.165, 1.54) is 24.3 Å². The van der Waals surface area contributed by atoms with Gasteiger partial charge >= 0.3 is 0 Å². The fourth-order valence-corrected chi connectivity index (χ4v) is 2.21. The average molecular weight is 295 g/mol. The molecule has 0 saturated heterocycles. The van der Waals surface area contributed by atoms with Gasteiger partial charge in [-0.05, 0) is 49.7 Å². The maximum atomic E-state index is 13.3. The van der Waals surface area contributed by atoms with E-state index >= 15 is 0 Å². The van der Waals surface area contributed by atoms with Crippen LogP contribution >= 0.6 is 11.6 Å². The van der Waals surface area contributed by atoms with Crippen molar-refractivity contribution in [3.8, 4) is 0 Å². The van der Waals surface area contributed by atoms with Crippen LogP contribution in [-0.4, -0.2) is 5.78 Å². The minimum Gasteiger partial charge on any atom is -0.293 e. The second-order valence-corrected chi connectivity index (χ2v) is 5.49. The SMILES string of the molecule is CC(C)(C(=O)c1cc(F)ccc1Cl)c1ccc(F)cc1. The van der Waals surface area contributed by atoms with E-state index in [1.807, 2.05) is 0 Å². The molecule has 0 unspecified atom stereocenters. The standard InChI is InChI=1S/C16H13ClF2O/c1-16(2,10-3-5-11(18)6-4-10)15(20)13-9-12(19)7-8-14(13)17/h3-9H,1-2H3. The summed E-state index contributed by atoms with van der Waals surface area (Å²) in [6.45, 7) is 3.40. The molecule has 0 aliphatic heterocycles. The molecule has 0 heterocycles. The lowest BCUT2D eigenvalue weighted by atomic mass is 9.78. The highest BCUT2D eigenvalue weighted by Gasteiger charge is 2.32. The van der Waals surface area contributed by atoms with E-state index in [0.717, 1.165) is 6.07 Å². The van der Waals surface area contributed by atoms with Crippen LogP contribution in [0.2, 0.25) is 5.02 Å². The van der Waals surface area contributed by atoms with E-state index in [4.69, 9.17) is 11.6 Å². The molecule has 0 bridgehead atoms. The third-order valence-corrected chi connectivity index (χ3v) is 3.64. The lowest BCUT2D eigenvalue weighted by Gasteiger charge is -2.24. The van der Waals surface area contributed by atoms with Crippen molar-refractivity contribution in [2.75, 3.05) is 0 Å². The predicted octanol–water partition coefficient (Wildman–Crippen LogP) is 4.78. The van der Waals surface area contributed by atoms with Crippen LogP contribution in [0.3, 0.4) is 0 Å². The van der Waals surface area contributed by atoms with Crippen molar-refractivity contribution >= 4 is 17.4 Å². The highest BCUT2D eigenvalue weighted by Crippen LogP contribution is 2.31. The topological polar surface area (TPSA) is 17.1 Å². The number of rotatable bonds is 3. The van der Waals surface area contributed by atoms with Gasteiger partial charge in [0.1, 0.15) is 11.6 Å². The molecule has 20 heavy (non-hydrogen) atoms. The van der Waals surface area contributed by atoms with Crippen molar-refractivity contribution in [1.82, 2.24) is 0 Å². The number of carbonyl (C=O) groups excluding carboxylic acids is 1. The molecule has 2 aromatic carbocycles. The molecule has 0 fully saturated rings. The molecule has 0 N–H and O–H groups in total. The molecule has 0 aliphatic carbocycles. The summed E-state index contributed by atoms with van der Waals surface area (Å²) in [6.07, 6.45) is 0. The Morgan fingerprint density at radius 1 is 1.00 bits per heavy atom. The molecule has 2 aromatic rings. The zero-order valence-electron chi connectivity index (χ0n) is 11.1. The van der Waals surface area contributed by atoms with E-state index in [0.29, 0.717) is 5.56 Å². The van der Waals surface area contributed by atoms with Gasteiger partial charge in [0.25, 0.3) is 0 Å². The van der Waals surface area contributed by atoms with E-state index in [9.17, 15) is 13.6 Å². The van der Waals surface area contributed by atoms with Crippen LogP contribution in [0.5, 0.6) is 0 Å². The van der Waals surface area contributed by atoms with Gasteiger partial charge in [0, 0.05) is 5.56 Å². The maximum Gasteiger partial charge on any atom is 0.174 e. The van der Waals surface area contributed by atoms with Crippen LogP contribution < -0.4 is 0 Å². The normalized spacial score (nSPS) is 11.4. The summed E-state index contributed by atoms with van der Waals surface area (Å²) >= 11 is 5.96. The number of ketones is 1. The summed E-state index contributed by atoms with van der Waals surface area (Å²) in [5.41, 5.74) is -0.157. The molecule has 1 nitrogen and oxygen atoms in total. The van der Waals surface area contributed by atoms with Gasteiger partial charge in [0.15, 0.2) is 5.78 Å². The molecule has 4 heteroatoms. The minimum atomic E-state index is -0.925. The molecule has 0 radical (unpaired) electrons. The van der Waals surface area contributed by atoms with Crippen LogP contribution in [0, 0.1) is 11.6 Å². The van der Waals surface area contributed by atoms with Gasteiger partial charge in [-0.2, -0.15) is 0 Å². The van der Waals surface area contributed by atoms with E-state index in [1.54, 1.807) is 26.0 Å². The van der Waals surface area contributed by atoms with Crippen molar-refractivity contribution in [3.63, 3.8) is 0 Å². The molecule has 2 rings (SSSR count). The van der Waals surface area contributed by atoms with Crippen molar-refractivity contribution in [3.05, 3.63) is 70.2 Å². The molecule has 0 amide bonds. The first-order chi connectivity index (χ1) is 9.32. The van der Waals surface area contributed by atoms with Gasteiger partial charge < -0.3 is 0 Å². The molecule has 0 aromatic heterocycles. The maximum absolute atomic E-state index is 13.3. The number of benzene rings is 2. The number of carbonyl (C=O) groups is 1. The van der Waals surface area contributed by atoms with Crippen LogP contribution in [0.25, 0.3) is 0 Å². The van der Waals surface area contributed by atoms with Crippen LogP contribution in [0.15, 0.2) is 42.5 Å². The lowest BCUT2D eigenvalue weighted by Crippen LogP contribution is -2.29. The quantitative estimate of drug-likeness (QED) is 0.745. The van der Waals surface area contributed by atoms with Crippen molar-refractivity contribution in [1.29, 1.82) is 0 Å². The Bertz CT molecular complexity index is 648. The van der Waals surface area contributed by atoms with Gasteiger partial charge in [-0.1, -0.05) is 23.7 Å². The van der Waals surface area contributed by atoms with Gasteiger partial charge in [0.05, 0.1) is 10.4 Å². The summed E-state index contributed by atoms with van der Waals surface area (Å²) in [5.74, 6) is -1.21. The fourth-order valence-electron chi connectivity index (χ4n) is 2.01. The first kappa shape index (κ1) is 14.7. The Balaban J connectivity index is 2.45. The Labute approximate surface area is 121 Å². The van der Waals surface area contributed by atoms with E-state index in [-0.39, 0.29) is 22.2 Å². The summed E-state index contributed by atoms with van der Waals surface area (Å²) in [4.78, 5) is 12.6. The van der Waals surface area contributed by atoms with Crippen molar-refractivity contribution in [2.24, 2.45) is 0 Å². The van der Waals surface area contributed by atoms with Crippen molar-refractivity contribution < 1.29 is 13.6 Å². The summed E-state index contributed by atoms with van der Waals surface area (Å²) < 4.78 is 26.3. The zero-order valence-corrected chi connectivity index (χ0v) is 11.8. The van der Waals surface area contributed by atoms with Gasteiger partial charge in [-0.25, -0.2) is 8.78 Å². The zero-order chi connectivity index (χ0) is 14.9. The molecule has 0 aliphatic rings. The summed E-state index contributed by atoms with van der Waals surface area (Å²) in [5, 5.41) is 0.201. The Morgan fingerprint density at radius 2 is 1.55 bits per heavy atom. The van der Waals surface area contributed by atoms with Crippen LogP contribution in [0.1, 0.15) is 29.8 Å². The molecule has 0 atom stereocenters. The molecule has 0 saturated carbocycles. The smallest absolute Gasteiger partial charge is 0.174 e. The van der Waals surface area contributed by atoms with Crippen molar-refractivity contribution in [2.45, 2.75) is 19.3 Å². The van der Waals surface area contributed by atoms with Gasteiger partial charge in [-0.15, -0.1) is 0 Å². The molecule has 0 spiro atoms. The minimum absolute atomic E-state index is 0.126. The second-order valence-electron chi connectivity index (χ2n) is 5.09. The molecule has 104 valence electrons. The lowest BCUT2D eigenvalue weighted by molar-refractivity contribution is 0.0908. The second kappa shape index (κ2) is 5.33.